The Labute approximate surface area is 91.1 Å². The van der Waals surface area contributed by atoms with Crippen LogP contribution in [0.2, 0.25) is 0 Å². The lowest BCUT2D eigenvalue weighted by atomic mass is 10.1. The summed E-state index contributed by atoms with van der Waals surface area (Å²) in [6.45, 7) is 0. The Bertz CT molecular complexity index is 361. The second-order valence-corrected chi connectivity index (χ2v) is 3.19. The molecule has 88 valence electrons. The molecule has 0 spiro atoms. The minimum absolute atomic E-state index is 0.0532. The van der Waals surface area contributed by atoms with Gasteiger partial charge in [0, 0.05) is 17.1 Å². The highest BCUT2D eigenvalue weighted by atomic mass is 35.7. The summed E-state index contributed by atoms with van der Waals surface area (Å²) in [5, 5.41) is 10.3. The maximum Gasteiger partial charge on any atom is 0.369 e. The Kier molecular flexibility index (Phi) is 5.47. The minimum atomic E-state index is -4.69. The summed E-state index contributed by atoms with van der Waals surface area (Å²) in [6.07, 6.45) is 5.87. The van der Waals surface area contributed by atoms with Crippen LogP contribution in [0.3, 0.4) is 0 Å². The van der Waals surface area contributed by atoms with Crippen LogP contribution in [0.5, 0.6) is 0 Å². The topological polar surface area (TPSA) is 169 Å². The van der Waals surface area contributed by atoms with Crippen molar-refractivity contribution < 1.29 is 38.6 Å². The van der Waals surface area contributed by atoms with Crippen LogP contribution < -0.4 is 14.0 Å². The van der Waals surface area contributed by atoms with Crippen molar-refractivity contribution in [2.45, 2.75) is 6.04 Å². The molecule has 0 fully saturated rings. The predicted molar refractivity (Wildman–Crippen MR) is 39.9 cm³/mol. The molecule has 0 aromatic carbocycles. The molecular weight excluding hydrogens is 246 g/mol. The van der Waals surface area contributed by atoms with Crippen molar-refractivity contribution in [3.8, 4) is 0 Å². The first kappa shape index (κ1) is 14.4. The van der Waals surface area contributed by atoms with Gasteiger partial charge < -0.3 is 5.53 Å². The molecular formula is C6H6ClN3O6. The molecule has 1 atom stereocenters. The zero-order valence-corrected chi connectivity index (χ0v) is 8.35. The summed E-state index contributed by atoms with van der Waals surface area (Å²) >= 11 is 0. The summed E-state index contributed by atoms with van der Waals surface area (Å²) in [5.74, 6) is 0. The summed E-state index contributed by atoms with van der Waals surface area (Å²) in [6, 6.07) is -1.01. The Morgan fingerprint density at radius 2 is 1.94 bits per heavy atom. The Morgan fingerprint density at radius 3 is 2.25 bits per heavy atom. The molecule has 1 rings (SSSR count). The van der Waals surface area contributed by atoms with E-state index in [9.17, 15) is 10.1 Å². The number of hydrogen-bond donors (Lipinski definition) is 1. The summed E-state index contributed by atoms with van der Waals surface area (Å²) in [5.41, 5.74) is 8.36. The van der Waals surface area contributed by atoms with E-state index in [2.05, 4.69) is 4.79 Å². The van der Waals surface area contributed by atoms with Crippen molar-refractivity contribution in [2.24, 2.45) is 0 Å². The molecule has 1 aliphatic rings. The predicted octanol–water partition coefficient (Wildman–Crippen LogP) is -3.70. The van der Waals surface area contributed by atoms with Crippen molar-refractivity contribution in [3.63, 3.8) is 0 Å². The van der Waals surface area contributed by atoms with E-state index < -0.39 is 21.2 Å². The van der Waals surface area contributed by atoms with E-state index in [0.717, 1.165) is 0 Å². The Morgan fingerprint density at radius 1 is 1.44 bits per heavy atom. The first-order chi connectivity index (χ1) is 7.25. The molecule has 0 bridgehead atoms. The van der Waals surface area contributed by atoms with Crippen molar-refractivity contribution in [3.05, 3.63) is 39.9 Å². The van der Waals surface area contributed by atoms with Crippen LogP contribution >= 0.6 is 0 Å². The van der Waals surface area contributed by atoms with Gasteiger partial charge in [-0.3, -0.25) is 10.1 Å². The largest absolute Gasteiger partial charge is 0.369 e. The van der Waals surface area contributed by atoms with Crippen LogP contribution in [0.4, 0.5) is 0 Å². The van der Waals surface area contributed by atoms with Gasteiger partial charge in [0.1, 0.15) is 0 Å². The normalized spacial score (nSPS) is 18.5. The van der Waals surface area contributed by atoms with E-state index in [1.54, 1.807) is 12.2 Å². The Hall–Kier alpha value is -1.61. The number of halogens is 1. The van der Waals surface area contributed by atoms with Gasteiger partial charge >= 0.3 is 11.8 Å². The average Bonchev–Trinajstić information content (AvgIpc) is 2.15. The SMILES string of the molecule is [N-]=[N+]=C1C=CC=CC1[N+](=O)[O-].[O-][Cl+3]([O-])([O-])O. The zero-order valence-electron chi connectivity index (χ0n) is 7.59. The van der Waals surface area contributed by atoms with Crippen molar-refractivity contribution >= 4 is 5.71 Å². The molecule has 0 aromatic heterocycles. The number of nitrogens with zero attached hydrogens (tertiary/aromatic N) is 3. The van der Waals surface area contributed by atoms with Crippen LogP contribution in [-0.4, -0.2) is 26.1 Å². The van der Waals surface area contributed by atoms with Crippen LogP contribution in [0.25, 0.3) is 5.53 Å². The third-order valence-corrected chi connectivity index (χ3v) is 1.32. The van der Waals surface area contributed by atoms with Gasteiger partial charge in [-0.05, 0) is 0 Å². The lowest BCUT2D eigenvalue weighted by Crippen LogP contribution is -2.58. The van der Waals surface area contributed by atoms with Crippen LogP contribution in [-0.2, 0) is 0 Å². The fourth-order valence-electron chi connectivity index (χ4n) is 0.791. The zero-order chi connectivity index (χ0) is 12.8. The molecule has 16 heavy (non-hydrogen) atoms. The monoisotopic (exact) mass is 251 g/mol. The van der Waals surface area contributed by atoms with Crippen molar-refractivity contribution in [2.75, 3.05) is 0 Å². The lowest BCUT2D eigenvalue weighted by molar-refractivity contribution is -1.92. The number of rotatable bonds is 1. The number of nitro groups is 1. The number of allylic oxidation sites excluding steroid dienone is 2. The van der Waals surface area contributed by atoms with Crippen LogP contribution in [0, 0.1) is 20.4 Å². The first-order valence-corrected chi connectivity index (χ1v) is 4.85. The van der Waals surface area contributed by atoms with E-state index in [4.69, 9.17) is 24.2 Å². The molecule has 0 radical (unpaired) electrons. The van der Waals surface area contributed by atoms with Gasteiger partial charge in [-0.25, -0.2) is 0 Å². The molecule has 9 nitrogen and oxygen atoms in total. The molecule has 0 amide bonds. The van der Waals surface area contributed by atoms with Gasteiger partial charge in [0.2, 0.25) is 0 Å². The summed E-state index contributed by atoms with van der Waals surface area (Å²) < 4.78 is 32.7. The van der Waals surface area contributed by atoms with Gasteiger partial charge in [-0.2, -0.15) is 18.8 Å². The maximum atomic E-state index is 10.3. The van der Waals surface area contributed by atoms with E-state index in [0.29, 0.717) is 0 Å². The molecule has 1 N–H and O–H groups in total. The van der Waals surface area contributed by atoms with Crippen LogP contribution in [0.15, 0.2) is 24.3 Å². The highest BCUT2D eigenvalue weighted by Crippen LogP contribution is 2.01. The minimum Gasteiger partial charge on any atom is -0.361 e. The maximum absolute atomic E-state index is 10.3. The quantitative estimate of drug-likeness (QED) is 0.217. The van der Waals surface area contributed by atoms with E-state index in [1.165, 1.54) is 12.2 Å². The second kappa shape index (κ2) is 6.08. The van der Waals surface area contributed by atoms with E-state index in [-0.39, 0.29) is 5.71 Å². The first-order valence-electron chi connectivity index (χ1n) is 3.59. The average molecular weight is 252 g/mol. The third-order valence-electron chi connectivity index (χ3n) is 1.32. The molecule has 1 unspecified atom stereocenters. The van der Waals surface area contributed by atoms with E-state index >= 15 is 0 Å². The standard InChI is InChI=1S/C6H5N3O2.ClHO4/c7-8-5-3-1-2-4-6(5)9(10)11;2-1(3,4)5/h1-4,6H;(H,2,3,4,5). The molecule has 0 heterocycles. The highest BCUT2D eigenvalue weighted by molar-refractivity contribution is 5.96. The lowest BCUT2D eigenvalue weighted by Gasteiger charge is -2.03. The highest BCUT2D eigenvalue weighted by Gasteiger charge is 2.30. The van der Waals surface area contributed by atoms with Gasteiger partial charge in [0.15, 0.2) is 0 Å². The van der Waals surface area contributed by atoms with Gasteiger partial charge in [-0.1, -0.05) is 12.2 Å². The molecule has 10 heteroatoms. The van der Waals surface area contributed by atoms with Crippen molar-refractivity contribution in [1.29, 1.82) is 0 Å². The molecule has 0 aliphatic heterocycles. The summed E-state index contributed by atoms with van der Waals surface area (Å²) in [4.78, 5) is 12.5. The number of hydrogen-bond acceptors (Lipinski definition) is 6. The smallest absolute Gasteiger partial charge is 0.361 e. The van der Waals surface area contributed by atoms with Gasteiger partial charge in [-0.15, -0.1) is 0 Å². The van der Waals surface area contributed by atoms with E-state index in [1.807, 2.05) is 0 Å². The Balaban J connectivity index is 0.000000385. The van der Waals surface area contributed by atoms with Gasteiger partial charge in [0.25, 0.3) is 0 Å². The molecule has 0 saturated heterocycles. The van der Waals surface area contributed by atoms with Crippen LogP contribution in [0.1, 0.15) is 0 Å². The summed E-state index contributed by atoms with van der Waals surface area (Å²) in [7, 11) is -4.69. The second-order valence-electron chi connectivity index (χ2n) is 2.40. The molecule has 0 aromatic rings. The van der Waals surface area contributed by atoms with Crippen molar-refractivity contribution in [1.82, 2.24) is 0 Å². The fraction of sp³-hybridized carbons (Fsp3) is 0.167. The molecule has 1 aliphatic carbocycles. The third kappa shape index (κ3) is 6.79. The van der Waals surface area contributed by atoms with Gasteiger partial charge in [0.05, 0.1) is 14.9 Å². The molecule has 0 saturated carbocycles. The fourth-order valence-corrected chi connectivity index (χ4v) is 0.791.